The first-order chi connectivity index (χ1) is 17.5. The van der Waals surface area contributed by atoms with E-state index in [4.69, 9.17) is 11.6 Å². The Balaban J connectivity index is 1.56. The first-order valence-electron chi connectivity index (χ1n) is 11.9. The molecule has 1 aliphatic rings. The number of aromatic nitrogens is 4. The summed E-state index contributed by atoms with van der Waals surface area (Å²) in [5.41, 5.74) is 5.39. The van der Waals surface area contributed by atoms with E-state index in [-0.39, 0.29) is 6.04 Å². The number of hydrogen-bond donors (Lipinski definition) is 0. The maximum Gasteiger partial charge on any atom is 0.152 e. The number of hydrogen-bond acceptors (Lipinski definition) is 6. The zero-order valence-electron chi connectivity index (χ0n) is 20.5. The van der Waals surface area contributed by atoms with Crippen LogP contribution >= 0.6 is 22.9 Å². The summed E-state index contributed by atoms with van der Waals surface area (Å²) in [6, 6.07) is 12.1. The third-order valence-corrected chi connectivity index (χ3v) is 7.94. The lowest BCUT2D eigenvalue weighted by molar-refractivity contribution is -0.107. The van der Waals surface area contributed by atoms with Gasteiger partial charge in [0, 0.05) is 23.2 Å². The lowest BCUT2D eigenvalue weighted by Gasteiger charge is -2.27. The molecule has 0 fully saturated rings. The molecule has 0 saturated carbocycles. The van der Waals surface area contributed by atoms with Crippen molar-refractivity contribution in [1.29, 1.82) is 0 Å². The van der Waals surface area contributed by atoms with Gasteiger partial charge in [-0.15, -0.1) is 21.5 Å². The summed E-state index contributed by atoms with van der Waals surface area (Å²) < 4.78 is 2.16. The molecule has 5 rings (SSSR count). The highest BCUT2D eigenvalue weighted by molar-refractivity contribution is 7.15. The molecule has 1 unspecified atom stereocenters. The average molecular weight is 516 g/mol. The highest BCUT2D eigenvalue weighted by Gasteiger charge is 2.33. The van der Waals surface area contributed by atoms with Crippen LogP contribution in [0, 0.1) is 25.7 Å². The molecule has 0 aliphatic carbocycles. The number of carbonyl (C=O) groups is 1. The number of benzene rings is 1. The Morgan fingerprint density at radius 2 is 1.94 bits per heavy atom. The van der Waals surface area contributed by atoms with Gasteiger partial charge in [-0.2, -0.15) is 0 Å². The van der Waals surface area contributed by atoms with Crippen LogP contribution in [0.5, 0.6) is 0 Å². The third kappa shape index (κ3) is 4.72. The Labute approximate surface area is 220 Å². The molecule has 4 heterocycles. The second-order valence-electron chi connectivity index (χ2n) is 9.00. The highest BCUT2D eigenvalue weighted by atomic mass is 35.5. The van der Waals surface area contributed by atoms with Gasteiger partial charge in [-0.3, -0.25) is 9.47 Å². The Morgan fingerprint density at radius 3 is 2.67 bits per heavy atom. The number of fused-ring (bicyclic) bond motifs is 3. The van der Waals surface area contributed by atoms with Gasteiger partial charge in [0.15, 0.2) is 5.82 Å². The average Bonchev–Trinajstić information content (AvgIpc) is 3.34. The van der Waals surface area contributed by atoms with E-state index in [1.807, 2.05) is 37.4 Å². The van der Waals surface area contributed by atoms with Crippen molar-refractivity contribution in [2.45, 2.75) is 45.7 Å². The molecule has 182 valence electrons. The van der Waals surface area contributed by atoms with E-state index in [9.17, 15) is 4.79 Å². The quantitative estimate of drug-likeness (QED) is 0.201. The number of aldehydes is 1. The van der Waals surface area contributed by atoms with Crippen LogP contribution in [0.3, 0.4) is 0 Å². The van der Waals surface area contributed by atoms with E-state index >= 15 is 0 Å². The van der Waals surface area contributed by atoms with Crippen LogP contribution in [0.1, 0.15) is 63.4 Å². The lowest BCUT2D eigenvalue weighted by Crippen LogP contribution is -2.24. The summed E-state index contributed by atoms with van der Waals surface area (Å²) in [6.45, 7) is 4.81. The van der Waals surface area contributed by atoms with E-state index in [0.29, 0.717) is 13.0 Å². The van der Waals surface area contributed by atoms with E-state index in [1.54, 1.807) is 11.3 Å². The van der Waals surface area contributed by atoms with Crippen molar-refractivity contribution in [2.75, 3.05) is 7.05 Å². The Hall–Kier alpha value is -3.31. The lowest BCUT2D eigenvalue weighted by atomic mass is 9.95. The van der Waals surface area contributed by atoms with Crippen molar-refractivity contribution in [2.24, 2.45) is 0 Å². The number of thiophene rings is 1. The molecular weight excluding hydrogens is 490 g/mol. The summed E-state index contributed by atoms with van der Waals surface area (Å²) in [5, 5.41) is 10.7. The molecule has 8 heteroatoms. The summed E-state index contributed by atoms with van der Waals surface area (Å²) in [7, 11) is 2.12. The van der Waals surface area contributed by atoms with Gasteiger partial charge in [-0.05, 0) is 80.5 Å². The second-order valence-corrected chi connectivity index (χ2v) is 10.4. The van der Waals surface area contributed by atoms with Gasteiger partial charge in [0.2, 0.25) is 0 Å². The predicted molar refractivity (Wildman–Crippen MR) is 143 cm³/mol. The molecule has 0 bridgehead atoms. The molecule has 4 aromatic rings. The fourth-order valence-corrected chi connectivity index (χ4v) is 6.04. The molecule has 36 heavy (non-hydrogen) atoms. The molecular formula is C28H26ClN5OS. The van der Waals surface area contributed by atoms with E-state index in [2.05, 4.69) is 62.6 Å². The van der Waals surface area contributed by atoms with Gasteiger partial charge in [-0.25, -0.2) is 4.98 Å². The van der Waals surface area contributed by atoms with E-state index in [0.717, 1.165) is 62.5 Å². The van der Waals surface area contributed by atoms with Crippen molar-refractivity contribution in [3.8, 4) is 16.8 Å². The topological polar surface area (TPSA) is 63.9 Å². The minimum absolute atomic E-state index is 0.0361. The Morgan fingerprint density at radius 1 is 1.14 bits per heavy atom. The molecule has 6 nitrogen and oxygen atoms in total. The maximum absolute atomic E-state index is 10.5. The van der Waals surface area contributed by atoms with Crippen LogP contribution in [0.15, 0.2) is 42.6 Å². The number of rotatable bonds is 5. The number of aryl methyl sites for hydroxylation is 2. The number of nitrogens with zero attached hydrogens (tertiary/aromatic N) is 5. The largest absolute Gasteiger partial charge is 0.303 e. The first-order valence-corrected chi connectivity index (χ1v) is 13.1. The van der Waals surface area contributed by atoms with Gasteiger partial charge in [0.05, 0.1) is 17.5 Å². The monoisotopic (exact) mass is 515 g/mol. The van der Waals surface area contributed by atoms with E-state index in [1.165, 1.54) is 11.1 Å². The molecule has 0 N–H and O–H groups in total. The van der Waals surface area contributed by atoms with Crippen LogP contribution in [0.25, 0.3) is 5.00 Å². The zero-order chi connectivity index (χ0) is 25.2. The molecule has 0 saturated heterocycles. The van der Waals surface area contributed by atoms with Crippen molar-refractivity contribution in [3.05, 3.63) is 92.1 Å². The van der Waals surface area contributed by atoms with Crippen molar-refractivity contribution in [1.82, 2.24) is 24.6 Å². The summed E-state index contributed by atoms with van der Waals surface area (Å²) in [5.74, 6) is 8.41. The van der Waals surface area contributed by atoms with Gasteiger partial charge in [0.1, 0.15) is 22.8 Å². The van der Waals surface area contributed by atoms with Crippen molar-refractivity contribution >= 4 is 29.2 Å². The highest BCUT2D eigenvalue weighted by Crippen LogP contribution is 2.43. The van der Waals surface area contributed by atoms with E-state index < -0.39 is 0 Å². The zero-order valence-corrected chi connectivity index (χ0v) is 22.0. The van der Waals surface area contributed by atoms with Gasteiger partial charge < -0.3 is 4.79 Å². The minimum atomic E-state index is 0.0361. The smallest absolute Gasteiger partial charge is 0.152 e. The number of pyridine rings is 1. The molecule has 1 atom stereocenters. The number of carbonyl (C=O) groups excluding carboxylic acids is 1. The van der Waals surface area contributed by atoms with Crippen LogP contribution in [-0.2, 0) is 17.8 Å². The fraction of sp³-hybridized carbons (Fsp3) is 0.286. The van der Waals surface area contributed by atoms with Gasteiger partial charge in [0.25, 0.3) is 0 Å². The molecule has 0 amide bonds. The standard InChI is InChI=1S/C28H26ClN5OS/c1-18-24(14-13-23-12-7-20(16-30-23)6-4-5-15-35)36-28-26(18)27(21-8-10-22(29)11-9-21)33(3)17-25-32-31-19(2)34(25)28/h7-12,15-16,27H,4-6,17H2,1-3H3. The van der Waals surface area contributed by atoms with Crippen molar-refractivity contribution < 1.29 is 4.79 Å². The minimum Gasteiger partial charge on any atom is -0.303 e. The summed E-state index contributed by atoms with van der Waals surface area (Å²) >= 11 is 7.87. The summed E-state index contributed by atoms with van der Waals surface area (Å²) in [6.07, 6.45) is 5.06. The molecule has 1 aromatic carbocycles. The molecule has 0 radical (unpaired) electrons. The van der Waals surface area contributed by atoms with Crippen LogP contribution in [-0.4, -0.2) is 38.0 Å². The Bertz CT molecular complexity index is 1460. The molecule has 0 spiro atoms. The number of halogens is 1. The fourth-order valence-electron chi connectivity index (χ4n) is 4.65. The molecule has 3 aromatic heterocycles. The first kappa shape index (κ1) is 24.4. The SMILES string of the molecule is Cc1c(C#Cc2ccc(CCCC=O)cn2)sc2c1C(c1ccc(Cl)cc1)N(C)Cc1nnc(C)n1-2. The van der Waals surface area contributed by atoms with Gasteiger partial charge in [-0.1, -0.05) is 29.8 Å². The summed E-state index contributed by atoms with van der Waals surface area (Å²) in [4.78, 5) is 18.4. The van der Waals surface area contributed by atoms with Crippen LogP contribution < -0.4 is 0 Å². The predicted octanol–water partition coefficient (Wildman–Crippen LogP) is 5.45. The molecule has 1 aliphatic heterocycles. The second kappa shape index (κ2) is 10.4. The van der Waals surface area contributed by atoms with Crippen molar-refractivity contribution in [3.63, 3.8) is 0 Å². The van der Waals surface area contributed by atoms with Crippen LogP contribution in [0.2, 0.25) is 5.02 Å². The third-order valence-electron chi connectivity index (χ3n) is 6.48. The van der Waals surface area contributed by atoms with Gasteiger partial charge >= 0.3 is 0 Å². The normalized spacial score (nSPS) is 14.9. The van der Waals surface area contributed by atoms with Crippen LogP contribution in [0.4, 0.5) is 0 Å². The number of unbranched alkanes of at least 4 members (excludes halogenated alkanes) is 1. The Kier molecular flexibility index (Phi) is 7.01. The maximum atomic E-state index is 10.5.